The van der Waals surface area contributed by atoms with E-state index in [9.17, 15) is 9.18 Å². The Morgan fingerprint density at radius 1 is 0.971 bits per heavy atom. The molecule has 0 radical (unpaired) electrons. The third-order valence-electron chi connectivity index (χ3n) is 5.32. The quantitative estimate of drug-likeness (QED) is 0.0959. The van der Waals surface area contributed by atoms with Gasteiger partial charge in [-0.1, -0.05) is 23.3 Å². The summed E-state index contributed by atoms with van der Waals surface area (Å²) in [4.78, 5) is 11.9. The first kappa shape index (κ1) is 30.9. The number of methoxy groups -OCH3 is 2. The number of hydrogen-bond acceptors (Lipinski definition) is 6. The summed E-state index contributed by atoms with van der Waals surface area (Å²) in [5, 5.41) is 0. The van der Waals surface area contributed by atoms with Gasteiger partial charge in [-0.25, -0.2) is 9.18 Å². The summed E-state index contributed by atoms with van der Waals surface area (Å²) in [6.07, 6.45) is 6.66. The van der Waals surface area contributed by atoms with Crippen LogP contribution in [0.2, 0.25) is 0 Å². The van der Waals surface area contributed by atoms with Gasteiger partial charge >= 0.3 is 5.97 Å². The van der Waals surface area contributed by atoms with E-state index in [0.29, 0.717) is 6.42 Å². The maximum absolute atomic E-state index is 15.5. The SMILES string of the molecule is CCOC(=O)/C(F)=C(/CC/C(F)=C(/CC/C=C(\C)CCC=C(C)C)C1SCCS1)C(OC)OC. The number of allylic oxidation sites excluding steroid dienone is 5. The fraction of sp³-hybridized carbons (Fsp3) is 0.654. The van der Waals surface area contributed by atoms with Crippen LogP contribution in [0.4, 0.5) is 8.78 Å². The fourth-order valence-electron chi connectivity index (χ4n) is 3.55. The molecule has 8 heteroatoms. The van der Waals surface area contributed by atoms with Crippen molar-refractivity contribution >= 4 is 29.5 Å². The lowest BCUT2D eigenvalue weighted by atomic mass is 10.0. The Balaban J connectivity index is 2.99. The number of thioether (sulfide) groups is 2. The zero-order valence-electron chi connectivity index (χ0n) is 21.4. The van der Waals surface area contributed by atoms with Crippen molar-refractivity contribution in [2.75, 3.05) is 32.3 Å². The standard InChI is InChI=1S/C26H40F2O4S2/c1-7-32-24(29)23(28)21(25(30-5)31-6)14-15-22(27)20(26-33-16-17-34-26)13-9-12-19(4)11-8-10-18(2)3/h10,12,25-26H,7-9,11,13-17H2,1-6H3/b19-12+,22-20+,23-21+. The number of carbonyl (C=O) groups is 1. The van der Waals surface area contributed by atoms with Gasteiger partial charge in [0.05, 0.1) is 11.2 Å². The van der Waals surface area contributed by atoms with E-state index in [-0.39, 0.29) is 35.4 Å². The molecule has 0 unspecified atom stereocenters. The molecule has 0 saturated carbocycles. The van der Waals surface area contributed by atoms with Gasteiger partial charge in [-0.15, -0.1) is 23.5 Å². The van der Waals surface area contributed by atoms with E-state index >= 15 is 4.39 Å². The van der Waals surface area contributed by atoms with E-state index in [2.05, 4.69) is 32.9 Å². The number of ether oxygens (including phenoxy) is 3. The van der Waals surface area contributed by atoms with Gasteiger partial charge in [-0.3, -0.25) is 0 Å². The Labute approximate surface area is 212 Å². The summed E-state index contributed by atoms with van der Waals surface area (Å²) in [5.74, 6) is -0.437. The molecule has 0 aromatic rings. The Morgan fingerprint density at radius 3 is 2.15 bits per heavy atom. The third kappa shape index (κ3) is 11.1. The van der Waals surface area contributed by atoms with Crippen LogP contribution in [0.1, 0.15) is 66.2 Å². The largest absolute Gasteiger partial charge is 0.461 e. The van der Waals surface area contributed by atoms with E-state index in [4.69, 9.17) is 14.2 Å². The molecular weight excluding hydrogens is 478 g/mol. The average molecular weight is 519 g/mol. The highest BCUT2D eigenvalue weighted by Gasteiger charge is 2.27. The third-order valence-corrected chi connectivity index (χ3v) is 8.44. The molecule has 0 aromatic carbocycles. The van der Waals surface area contributed by atoms with Gasteiger partial charge in [0.25, 0.3) is 0 Å². The maximum atomic E-state index is 15.5. The predicted molar refractivity (Wildman–Crippen MR) is 140 cm³/mol. The van der Waals surface area contributed by atoms with Gasteiger partial charge in [0.2, 0.25) is 5.83 Å². The lowest BCUT2D eigenvalue weighted by Gasteiger charge is -2.19. The summed E-state index contributed by atoms with van der Waals surface area (Å²) in [5.41, 5.74) is 3.34. The number of halogens is 2. The Hall–Kier alpha value is -1.09. The Kier molecular flexibility index (Phi) is 15.8. The molecule has 0 amide bonds. The van der Waals surface area contributed by atoms with Crippen LogP contribution in [0.25, 0.3) is 0 Å². The molecular formula is C26H40F2O4S2. The molecule has 0 bridgehead atoms. The molecule has 0 spiro atoms. The molecule has 34 heavy (non-hydrogen) atoms. The highest BCUT2D eigenvalue weighted by molar-refractivity contribution is 8.20. The summed E-state index contributed by atoms with van der Waals surface area (Å²) >= 11 is 3.50. The average Bonchev–Trinajstić information content (AvgIpc) is 3.33. The molecule has 1 fully saturated rings. The zero-order chi connectivity index (χ0) is 25.5. The fourth-order valence-corrected chi connectivity index (χ4v) is 6.60. The minimum absolute atomic E-state index is 0.0262. The van der Waals surface area contributed by atoms with Crippen LogP contribution >= 0.6 is 23.5 Å². The monoisotopic (exact) mass is 518 g/mol. The zero-order valence-corrected chi connectivity index (χ0v) is 23.0. The highest BCUT2D eigenvalue weighted by Crippen LogP contribution is 2.41. The highest BCUT2D eigenvalue weighted by atomic mass is 32.2. The van der Waals surface area contributed by atoms with Crippen molar-refractivity contribution in [3.05, 3.63) is 46.1 Å². The smallest absolute Gasteiger partial charge is 0.367 e. The van der Waals surface area contributed by atoms with Gasteiger partial charge in [0.1, 0.15) is 5.83 Å². The molecule has 1 aliphatic rings. The van der Waals surface area contributed by atoms with Gasteiger partial charge in [-0.2, -0.15) is 4.39 Å². The van der Waals surface area contributed by atoms with Crippen molar-refractivity contribution in [3.8, 4) is 0 Å². The van der Waals surface area contributed by atoms with Crippen molar-refractivity contribution in [3.63, 3.8) is 0 Å². The van der Waals surface area contributed by atoms with E-state index in [1.165, 1.54) is 25.4 Å². The predicted octanol–water partition coefficient (Wildman–Crippen LogP) is 7.67. The molecule has 4 nitrogen and oxygen atoms in total. The van der Waals surface area contributed by atoms with Crippen LogP contribution in [0.5, 0.6) is 0 Å². The summed E-state index contributed by atoms with van der Waals surface area (Å²) in [6.45, 7) is 7.94. The van der Waals surface area contributed by atoms with E-state index in [0.717, 1.165) is 36.3 Å². The van der Waals surface area contributed by atoms with Crippen molar-refractivity contribution < 1.29 is 27.8 Å². The van der Waals surface area contributed by atoms with Crippen molar-refractivity contribution in [2.45, 2.75) is 77.1 Å². The molecule has 1 aliphatic heterocycles. The molecule has 0 aliphatic carbocycles. The summed E-state index contributed by atoms with van der Waals surface area (Å²) < 4.78 is 45.4. The first-order valence-corrected chi connectivity index (χ1v) is 13.9. The second-order valence-corrected chi connectivity index (χ2v) is 11.0. The van der Waals surface area contributed by atoms with Gasteiger partial charge in [0.15, 0.2) is 6.29 Å². The molecule has 1 heterocycles. The maximum Gasteiger partial charge on any atom is 0.367 e. The summed E-state index contributed by atoms with van der Waals surface area (Å²) in [7, 11) is 2.70. The molecule has 1 saturated heterocycles. The van der Waals surface area contributed by atoms with Crippen LogP contribution < -0.4 is 0 Å². The number of carbonyl (C=O) groups excluding carboxylic acids is 1. The van der Waals surface area contributed by atoms with Crippen LogP contribution in [-0.4, -0.2) is 49.2 Å². The molecule has 0 atom stereocenters. The summed E-state index contributed by atoms with van der Waals surface area (Å²) in [6, 6.07) is 0. The van der Waals surface area contributed by atoms with E-state index < -0.39 is 18.1 Å². The Bertz CT molecular complexity index is 761. The lowest BCUT2D eigenvalue weighted by Crippen LogP contribution is -2.20. The first-order valence-electron chi connectivity index (χ1n) is 11.8. The molecule has 0 N–H and O–H groups in total. The van der Waals surface area contributed by atoms with Gasteiger partial charge < -0.3 is 14.2 Å². The lowest BCUT2D eigenvalue weighted by molar-refractivity contribution is -0.141. The Morgan fingerprint density at radius 2 is 1.59 bits per heavy atom. The van der Waals surface area contributed by atoms with Crippen LogP contribution in [0.15, 0.2) is 46.1 Å². The van der Waals surface area contributed by atoms with Gasteiger partial charge in [-0.05, 0) is 65.4 Å². The van der Waals surface area contributed by atoms with Crippen LogP contribution in [0.3, 0.4) is 0 Å². The van der Waals surface area contributed by atoms with E-state index in [1.54, 1.807) is 30.4 Å². The second-order valence-electron chi connectivity index (χ2n) is 8.28. The molecule has 0 aromatic heterocycles. The van der Waals surface area contributed by atoms with Crippen LogP contribution in [0, 0.1) is 0 Å². The van der Waals surface area contributed by atoms with Crippen LogP contribution in [-0.2, 0) is 19.0 Å². The molecule has 1 rings (SSSR count). The van der Waals surface area contributed by atoms with Crippen molar-refractivity contribution in [2.24, 2.45) is 0 Å². The molecule has 194 valence electrons. The number of esters is 1. The minimum Gasteiger partial charge on any atom is -0.461 e. The normalized spacial score (nSPS) is 16.4. The van der Waals surface area contributed by atoms with Gasteiger partial charge in [0, 0.05) is 37.7 Å². The number of rotatable bonds is 15. The number of hydrogen-bond donors (Lipinski definition) is 0. The topological polar surface area (TPSA) is 44.8 Å². The van der Waals surface area contributed by atoms with Crippen molar-refractivity contribution in [1.29, 1.82) is 0 Å². The second kappa shape index (κ2) is 17.4. The first-order chi connectivity index (χ1) is 16.2. The minimum atomic E-state index is -1.09. The van der Waals surface area contributed by atoms with Crippen molar-refractivity contribution in [1.82, 2.24) is 0 Å². The van der Waals surface area contributed by atoms with E-state index in [1.807, 2.05) is 0 Å².